The molecule has 7 heteroatoms. The predicted molar refractivity (Wildman–Crippen MR) is 100 cm³/mol. The number of H-pyrrole nitrogens is 1. The lowest BCUT2D eigenvalue weighted by atomic mass is 10.0. The number of rotatable bonds is 2. The SMILES string of the molecule is Cl.NC1CCN(C(=O)c2ccc3c(c2)[nH]c(=O)n3C2CCCC2)CC1. The topological polar surface area (TPSA) is 84.1 Å². The first kappa shape index (κ1) is 18.0. The lowest BCUT2D eigenvalue weighted by Crippen LogP contribution is -2.42. The highest BCUT2D eigenvalue weighted by Crippen LogP contribution is 2.30. The van der Waals surface area contributed by atoms with Gasteiger partial charge in [-0.25, -0.2) is 4.79 Å². The maximum atomic E-state index is 12.7. The third-order valence-corrected chi connectivity index (χ3v) is 5.48. The van der Waals surface area contributed by atoms with Crippen molar-refractivity contribution in [1.29, 1.82) is 0 Å². The number of benzene rings is 1. The average molecular weight is 365 g/mol. The molecule has 0 radical (unpaired) electrons. The largest absolute Gasteiger partial charge is 0.339 e. The Balaban J connectivity index is 0.00000182. The minimum Gasteiger partial charge on any atom is -0.339 e. The zero-order valence-corrected chi connectivity index (χ0v) is 15.1. The number of nitrogens with two attached hydrogens (primary N) is 1. The maximum Gasteiger partial charge on any atom is 0.326 e. The third kappa shape index (κ3) is 3.33. The highest BCUT2D eigenvalue weighted by atomic mass is 35.5. The lowest BCUT2D eigenvalue weighted by Gasteiger charge is -2.30. The zero-order valence-electron chi connectivity index (χ0n) is 14.2. The van der Waals surface area contributed by atoms with Crippen molar-refractivity contribution in [2.75, 3.05) is 13.1 Å². The molecule has 2 aromatic rings. The van der Waals surface area contributed by atoms with Crippen molar-refractivity contribution in [2.24, 2.45) is 5.73 Å². The molecule has 6 nitrogen and oxygen atoms in total. The fourth-order valence-corrected chi connectivity index (χ4v) is 4.07. The molecule has 1 aliphatic carbocycles. The van der Waals surface area contributed by atoms with Gasteiger partial charge in [-0.1, -0.05) is 12.8 Å². The van der Waals surface area contributed by atoms with E-state index in [9.17, 15) is 9.59 Å². The van der Waals surface area contributed by atoms with Gasteiger partial charge >= 0.3 is 5.69 Å². The molecule has 1 aromatic heterocycles. The van der Waals surface area contributed by atoms with E-state index in [1.807, 2.05) is 27.7 Å². The fraction of sp³-hybridized carbons (Fsp3) is 0.556. The smallest absolute Gasteiger partial charge is 0.326 e. The van der Waals surface area contributed by atoms with Crippen LogP contribution in [0.15, 0.2) is 23.0 Å². The summed E-state index contributed by atoms with van der Waals surface area (Å²) in [5.74, 6) is 0.0262. The van der Waals surface area contributed by atoms with Crippen LogP contribution in [0.4, 0.5) is 0 Å². The van der Waals surface area contributed by atoms with Gasteiger partial charge in [-0.05, 0) is 43.9 Å². The maximum absolute atomic E-state index is 12.7. The number of carbonyl (C=O) groups is 1. The average Bonchev–Trinajstić information content (AvgIpc) is 3.20. The summed E-state index contributed by atoms with van der Waals surface area (Å²) in [5.41, 5.74) is 8.14. The number of hydrogen-bond donors (Lipinski definition) is 2. The molecule has 1 amide bonds. The van der Waals surface area contributed by atoms with Gasteiger partial charge in [0.1, 0.15) is 0 Å². The van der Waals surface area contributed by atoms with Crippen molar-refractivity contribution >= 4 is 29.3 Å². The number of halogens is 1. The van der Waals surface area contributed by atoms with Crippen LogP contribution in [0, 0.1) is 0 Å². The predicted octanol–water partition coefficient (Wildman–Crippen LogP) is 2.43. The van der Waals surface area contributed by atoms with Crippen molar-refractivity contribution in [3.63, 3.8) is 0 Å². The van der Waals surface area contributed by atoms with Crippen LogP contribution in [-0.4, -0.2) is 39.5 Å². The van der Waals surface area contributed by atoms with Crippen molar-refractivity contribution < 1.29 is 4.79 Å². The van der Waals surface area contributed by atoms with Crippen LogP contribution in [-0.2, 0) is 0 Å². The Kier molecular flexibility index (Phi) is 5.20. The lowest BCUT2D eigenvalue weighted by molar-refractivity contribution is 0.0715. The number of likely N-dealkylation sites (tertiary alicyclic amines) is 1. The Hall–Kier alpha value is -1.79. The Morgan fingerprint density at radius 2 is 1.80 bits per heavy atom. The summed E-state index contributed by atoms with van der Waals surface area (Å²) in [6.45, 7) is 1.41. The molecule has 0 atom stereocenters. The molecular weight excluding hydrogens is 340 g/mol. The fourth-order valence-electron chi connectivity index (χ4n) is 4.07. The van der Waals surface area contributed by atoms with E-state index >= 15 is 0 Å². The van der Waals surface area contributed by atoms with E-state index in [4.69, 9.17) is 5.73 Å². The highest BCUT2D eigenvalue weighted by molar-refractivity contribution is 5.97. The molecule has 136 valence electrons. The van der Waals surface area contributed by atoms with E-state index in [1.54, 1.807) is 0 Å². The number of aromatic amines is 1. The molecule has 2 aliphatic rings. The van der Waals surface area contributed by atoms with Crippen LogP contribution in [0.5, 0.6) is 0 Å². The molecule has 3 N–H and O–H groups in total. The van der Waals surface area contributed by atoms with Crippen LogP contribution in [0.25, 0.3) is 11.0 Å². The number of hydrogen-bond acceptors (Lipinski definition) is 3. The van der Waals surface area contributed by atoms with E-state index in [1.165, 1.54) is 12.8 Å². The molecule has 0 spiro atoms. The second-order valence-electron chi connectivity index (χ2n) is 7.10. The Morgan fingerprint density at radius 1 is 1.12 bits per heavy atom. The molecule has 1 saturated carbocycles. The molecule has 4 rings (SSSR count). The van der Waals surface area contributed by atoms with Crippen molar-refractivity contribution in [3.8, 4) is 0 Å². The molecule has 2 heterocycles. The number of amides is 1. The van der Waals surface area contributed by atoms with Crippen LogP contribution in [0.2, 0.25) is 0 Å². The Morgan fingerprint density at radius 3 is 2.48 bits per heavy atom. The van der Waals surface area contributed by atoms with Crippen molar-refractivity contribution in [3.05, 3.63) is 34.2 Å². The van der Waals surface area contributed by atoms with E-state index in [0.29, 0.717) is 18.7 Å². The number of fused-ring (bicyclic) bond motifs is 1. The summed E-state index contributed by atoms with van der Waals surface area (Å²) in [5, 5.41) is 0. The van der Waals surface area contributed by atoms with E-state index in [-0.39, 0.29) is 36.1 Å². The second kappa shape index (κ2) is 7.22. The molecule has 1 aromatic carbocycles. The quantitative estimate of drug-likeness (QED) is 0.858. The Bertz CT molecular complexity index is 814. The molecule has 0 bridgehead atoms. The number of nitrogens with zero attached hydrogens (tertiary/aromatic N) is 2. The van der Waals surface area contributed by atoms with E-state index < -0.39 is 0 Å². The first-order valence-electron chi connectivity index (χ1n) is 8.92. The molecule has 1 aliphatic heterocycles. The summed E-state index contributed by atoms with van der Waals surface area (Å²) >= 11 is 0. The number of nitrogens with one attached hydrogen (secondary N) is 1. The summed E-state index contributed by atoms with van der Waals surface area (Å²) in [4.78, 5) is 29.8. The van der Waals surface area contributed by atoms with Gasteiger partial charge in [0.15, 0.2) is 0 Å². The number of imidazole rings is 1. The number of piperidine rings is 1. The van der Waals surface area contributed by atoms with E-state index in [0.717, 1.165) is 36.7 Å². The summed E-state index contributed by atoms with van der Waals surface area (Å²) in [6, 6.07) is 6.07. The second-order valence-corrected chi connectivity index (χ2v) is 7.10. The highest BCUT2D eigenvalue weighted by Gasteiger charge is 2.24. The van der Waals surface area contributed by atoms with Gasteiger partial charge in [-0.15, -0.1) is 12.4 Å². The summed E-state index contributed by atoms with van der Waals surface area (Å²) in [7, 11) is 0. The van der Waals surface area contributed by atoms with Crippen LogP contribution in [0.1, 0.15) is 54.9 Å². The molecule has 1 saturated heterocycles. The normalized spacial score (nSPS) is 19.3. The van der Waals surface area contributed by atoms with Crippen molar-refractivity contribution in [2.45, 2.75) is 50.6 Å². The Labute approximate surface area is 152 Å². The van der Waals surface area contributed by atoms with Gasteiger partial charge in [-0.3, -0.25) is 9.36 Å². The van der Waals surface area contributed by atoms with Crippen LogP contribution in [0.3, 0.4) is 0 Å². The monoisotopic (exact) mass is 364 g/mol. The van der Waals surface area contributed by atoms with E-state index in [2.05, 4.69) is 4.98 Å². The molecule has 25 heavy (non-hydrogen) atoms. The molecular formula is C18H25ClN4O2. The van der Waals surface area contributed by atoms with Gasteiger partial charge in [0, 0.05) is 30.7 Å². The van der Waals surface area contributed by atoms with Gasteiger partial charge in [-0.2, -0.15) is 0 Å². The number of aromatic nitrogens is 2. The van der Waals surface area contributed by atoms with Gasteiger partial charge in [0.05, 0.1) is 11.0 Å². The zero-order chi connectivity index (χ0) is 16.7. The minimum absolute atomic E-state index is 0. The van der Waals surface area contributed by atoms with Crippen LogP contribution >= 0.6 is 12.4 Å². The first-order chi connectivity index (χ1) is 11.6. The number of carbonyl (C=O) groups excluding carboxylic acids is 1. The molecule has 2 fully saturated rings. The van der Waals surface area contributed by atoms with Crippen LogP contribution < -0.4 is 11.4 Å². The van der Waals surface area contributed by atoms with Gasteiger partial charge < -0.3 is 15.6 Å². The third-order valence-electron chi connectivity index (χ3n) is 5.48. The first-order valence-corrected chi connectivity index (χ1v) is 8.92. The summed E-state index contributed by atoms with van der Waals surface area (Å²) in [6.07, 6.45) is 6.17. The van der Waals surface area contributed by atoms with Gasteiger partial charge in [0.2, 0.25) is 0 Å². The van der Waals surface area contributed by atoms with Crippen molar-refractivity contribution in [1.82, 2.24) is 14.5 Å². The summed E-state index contributed by atoms with van der Waals surface area (Å²) < 4.78 is 1.87. The van der Waals surface area contributed by atoms with Gasteiger partial charge in [0.25, 0.3) is 5.91 Å². The standard InChI is InChI=1S/C18H24N4O2.ClH/c19-13-7-9-21(10-8-13)17(23)12-5-6-16-15(11-12)20-18(24)22(16)14-3-1-2-4-14;/h5-6,11,13-14H,1-4,7-10,19H2,(H,20,24);1H. The minimum atomic E-state index is -0.0644. The molecule has 0 unspecified atom stereocenters.